The Kier molecular flexibility index (Phi) is 7.98. The molecule has 1 saturated heterocycles. The van der Waals surface area contributed by atoms with Gasteiger partial charge in [-0.2, -0.15) is 0 Å². The van der Waals surface area contributed by atoms with Crippen LogP contribution in [0.3, 0.4) is 0 Å². The number of nitrogens with one attached hydrogen (secondary N) is 2. The summed E-state index contributed by atoms with van der Waals surface area (Å²) in [4.78, 5) is 11.1. The van der Waals surface area contributed by atoms with Crippen LogP contribution in [0.4, 0.5) is 0 Å². The number of aromatic nitrogens is 2. The fourth-order valence-electron chi connectivity index (χ4n) is 4.39. The van der Waals surface area contributed by atoms with Gasteiger partial charge in [0.25, 0.3) is 0 Å². The van der Waals surface area contributed by atoms with Crippen LogP contribution >= 0.6 is 0 Å². The summed E-state index contributed by atoms with van der Waals surface area (Å²) in [5.74, 6) is 1.71. The van der Waals surface area contributed by atoms with Gasteiger partial charge in [-0.3, -0.25) is 9.89 Å². The molecule has 4 rings (SSSR count). The van der Waals surface area contributed by atoms with E-state index in [4.69, 9.17) is 4.74 Å². The smallest absolute Gasteiger partial charge is 0.191 e. The summed E-state index contributed by atoms with van der Waals surface area (Å²) in [6.45, 7) is 4.57. The third-order valence-electron chi connectivity index (χ3n) is 6.12. The number of rotatable bonds is 9. The second-order valence-corrected chi connectivity index (χ2v) is 8.40. The summed E-state index contributed by atoms with van der Waals surface area (Å²) in [5.41, 5.74) is 3.74. The standard InChI is InChI=1S/C26H34N6O/c1-27-26(29-17-21-7-5-8-22(15-21)19-31-14-11-28-20-31)30-18-25(32-12-3-4-13-32)23-9-6-10-24(16-23)33-2/h5-11,14-16,20,25H,3-4,12-13,17-19H2,1-2H3,(H2,27,29,30). The molecule has 1 aliphatic heterocycles. The largest absolute Gasteiger partial charge is 0.497 e. The van der Waals surface area contributed by atoms with Gasteiger partial charge in [0.15, 0.2) is 5.96 Å². The molecule has 33 heavy (non-hydrogen) atoms. The molecule has 0 bridgehead atoms. The molecule has 2 aromatic carbocycles. The van der Waals surface area contributed by atoms with Crippen LogP contribution in [-0.4, -0.2) is 54.2 Å². The van der Waals surface area contributed by atoms with E-state index >= 15 is 0 Å². The number of methoxy groups -OCH3 is 1. The molecule has 1 aliphatic rings. The zero-order valence-electron chi connectivity index (χ0n) is 19.6. The van der Waals surface area contributed by atoms with Crippen LogP contribution in [0.2, 0.25) is 0 Å². The first-order valence-electron chi connectivity index (χ1n) is 11.6. The number of aliphatic imine (C=N–C) groups is 1. The number of imidazole rings is 1. The lowest BCUT2D eigenvalue weighted by Crippen LogP contribution is -2.42. The summed E-state index contributed by atoms with van der Waals surface area (Å²) in [7, 11) is 3.54. The minimum Gasteiger partial charge on any atom is -0.497 e. The van der Waals surface area contributed by atoms with Crippen molar-refractivity contribution in [3.05, 3.63) is 83.9 Å². The van der Waals surface area contributed by atoms with Crippen molar-refractivity contribution in [1.82, 2.24) is 25.1 Å². The van der Waals surface area contributed by atoms with Gasteiger partial charge in [-0.1, -0.05) is 36.4 Å². The van der Waals surface area contributed by atoms with Crippen LogP contribution in [-0.2, 0) is 13.1 Å². The molecule has 2 heterocycles. The van der Waals surface area contributed by atoms with Crippen molar-refractivity contribution in [1.29, 1.82) is 0 Å². The maximum absolute atomic E-state index is 5.46. The number of ether oxygens (including phenoxy) is 1. The average Bonchev–Trinajstić information content (AvgIpc) is 3.56. The van der Waals surface area contributed by atoms with Gasteiger partial charge in [-0.25, -0.2) is 4.98 Å². The van der Waals surface area contributed by atoms with E-state index in [-0.39, 0.29) is 6.04 Å². The second-order valence-electron chi connectivity index (χ2n) is 8.40. The van der Waals surface area contributed by atoms with Gasteiger partial charge >= 0.3 is 0 Å². The maximum Gasteiger partial charge on any atom is 0.191 e. The Balaban J connectivity index is 1.36. The number of nitrogens with zero attached hydrogens (tertiary/aromatic N) is 4. The van der Waals surface area contributed by atoms with Crippen LogP contribution < -0.4 is 15.4 Å². The molecule has 0 saturated carbocycles. The molecule has 174 valence electrons. The molecular weight excluding hydrogens is 412 g/mol. The fraction of sp³-hybridized carbons (Fsp3) is 0.385. The molecule has 3 aromatic rings. The quantitative estimate of drug-likeness (QED) is 0.389. The van der Waals surface area contributed by atoms with Crippen molar-refractivity contribution in [2.45, 2.75) is 32.0 Å². The molecule has 0 spiro atoms. The van der Waals surface area contributed by atoms with Crippen molar-refractivity contribution in [2.75, 3.05) is 33.8 Å². The summed E-state index contributed by atoms with van der Waals surface area (Å²) in [6, 6.07) is 17.3. The maximum atomic E-state index is 5.46. The minimum absolute atomic E-state index is 0.277. The molecule has 7 heteroatoms. The van der Waals surface area contributed by atoms with E-state index < -0.39 is 0 Å². The van der Waals surface area contributed by atoms with Gasteiger partial charge in [0.05, 0.1) is 19.5 Å². The Morgan fingerprint density at radius 1 is 1.09 bits per heavy atom. The van der Waals surface area contributed by atoms with E-state index in [1.54, 1.807) is 7.11 Å². The molecule has 0 radical (unpaired) electrons. The van der Waals surface area contributed by atoms with Crippen molar-refractivity contribution >= 4 is 5.96 Å². The predicted octanol–water partition coefficient (Wildman–Crippen LogP) is 3.44. The molecule has 1 unspecified atom stereocenters. The van der Waals surface area contributed by atoms with Gasteiger partial charge in [-0.15, -0.1) is 0 Å². The Bertz CT molecular complexity index is 1030. The van der Waals surface area contributed by atoms with E-state index in [0.717, 1.165) is 37.9 Å². The van der Waals surface area contributed by atoms with Gasteiger partial charge in [0, 0.05) is 39.1 Å². The van der Waals surface area contributed by atoms with Crippen LogP contribution in [0.5, 0.6) is 5.75 Å². The third kappa shape index (κ3) is 6.35. The summed E-state index contributed by atoms with van der Waals surface area (Å²) in [5, 5.41) is 7.02. The molecule has 1 fully saturated rings. The lowest BCUT2D eigenvalue weighted by Gasteiger charge is -2.29. The van der Waals surface area contributed by atoms with Crippen molar-refractivity contribution < 1.29 is 4.74 Å². The first-order chi connectivity index (χ1) is 16.2. The van der Waals surface area contributed by atoms with Crippen molar-refractivity contribution in [3.8, 4) is 5.75 Å². The highest BCUT2D eigenvalue weighted by molar-refractivity contribution is 5.79. The Hall–Kier alpha value is -3.32. The van der Waals surface area contributed by atoms with Gasteiger partial charge < -0.3 is 19.9 Å². The summed E-state index contributed by atoms with van der Waals surface area (Å²) in [6.07, 6.45) is 8.14. The number of hydrogen-bond acceptors (Lipinski definition) is 4. The van der Waals surface area contributed by atoms with E-state index in [1.807, 2.05) is 31.8 Å². The van der Waals surface area contributed by atoms with Gasteiger partial charge in [-0.05, 0) is 54.8 Å². The lowest BCUT2D eigenvalue weighted by atomic mass is 10.1. The topological polar surface area (TPSA) is 66.7 Å². The highest BCUT2D eigenvalue weighted by Gasteiger charge is 2.24. The number of hydrogen-bond donors (Lipinski definition) is 2. The molecule has 1 aromatic heterocycles. The Morgan fingerprint density at radius 2 is 1.91 bits per heavy atom. The predicted molar refractivity (Wildman–Crippen MR) is 133 cm³/mol. The monoisotopic (exact) mass is 446 g/mol. The molecule has 2 N–H and O–H groups in total. The Morgan fingerprint density at radius 3 is 2.67 bits per heavy atom. The summed E-state index contributed by atoms with van der Waals surface area (Å²) < 4.78 is 7.54. The summed E-state index contributed by atoms with van der Waals surface area (Å²) >= 11 is 0. The zero-order valence-corrected chi connectivity index (χ0v) is 19.6. The van der Waals surface area contributed by atoms with Crippen LogP contribution in [0.25, 0.3) is 0 Å². The third-order valence-corrected chi connectivity index (χ3v) is 6.12. The second kappa shape index (κ2) is 11.5. The highest BCUT2D eigenvalue weighted by atomic mass is 16.5. The van der Waals surface area contributed by atoms with Crippen molar-refractivity contribution in [3.63, 3.8) is 0 Å². The molecule has 1 atom stereocenters. The fourth-order valence-corrected chi connectivity index (χ4v) is 4.39. The zero-order chi connectivity index (χ0) is 22.9. The van der Waals surface area contributed by atoms with E-state index in [1.165, 1.54) is 29.5 Å². The van der Waals surface area contributed by atoms with E-state index in [2.05, 4.69) is 72.5 Å². The lowest BCUT2D eigenvalue weighted by molar-refractivity contribution is 0.245. The van der Waals surface area contributed by atoms with Crippen molar-refractivity contribution in [2.24, 2.45) is 4.99 Å². The molecular formula is C26H34N6O. The van der Waals surface area contributed by atoms with Crippen LogP contribution in [0, 0.1) is 0 Å². The van der Waals surface area contributed by atoms with Gasteiger partial charge in [0.1, 0.15) is 5.75 Å². The SMILES string of the molecule is CN=C(NCc1cccc(Cn2ccnc2)c1)NCC(c1cccc(OC)c1)N1CCCC1. The molecule has 0 amide bonds. The van der Waals surface area contributed by atoms with E-state index in [0.29, 0.717) is 6.54 Å². The molecule has 0 aliphatic carbocycles. The minimum atomic E-state index is 0.277. The van der Waals surface area contributed by atoms with E-state index in [9.17, 15) is 0 Å². The number of likely N-dealkylation sites (tertiary alicyclic amines) is 1. The number of benzene rings is 2. The first kappa shape index (κ1) is 22.9. The van der Waals surface area contributed by atoms with Crippen LogP contribution in [0.1, 0.15) is 35.6 Å². The number of guanidine groups is 1. The average molecular weight is 447 g/mol. The molecule has 7 nitrogen and oxygen atoms in total. The Labute approximate surface area is 196 Å². The van der Waals surface area contributed by atoms with Gasteiger partial charge in [0.2, 0.25) is 0 Å². The highest BCUT2D eigenvalue weighted by Crippen LogP contribution is 2.27. The normalized spacial score (nSPS) is 15.4. The first-order valence-corrected chi connectivity index (χ1v) is 11.6. The van der Waals surface area contributed by atoms with Crippen LogP contribution in [0.15, 0.2) is 72.2 Å².